The number of sulfone groups is 1. The highest BCUT2D eigenvalue weighted by atomic mass is 32.2. The van der Waals surface area contributed by atoms with Gasteiger partial charge in [0.2, 0.25) is 0 Å². The molecular formula is C20H24N2O5S. The first kappa shape index (κ1) is 20.1. The fourth-order valence-electron chi connectivity index (χ4n) is 3.66. The minimum Gasteiger partial charge on any atom is -0.497 e. The Labute approximate surface area is 165 Å². The van der Waals surface area contributed by atoms with Crippen molar-refractivity contribution >= 4 is 21.2 Å². The van der Waals surface area contributed by atoms with Gasteiger partial charge >= 0.3 is 0 Å². The fourth-order valence-corrected chi connectivity index (χ4v) is 4.30. The lowest BCUT2D eigenvalue weighted by Crippen LogP contribution is -2.34. The number of piperidine rings is 1. The lowest BCUT2D eigenvalue weighted by atomic mass is 9.90. The summed E-state index contributed by atoms with van der Waals surface area (Å²) in [6.07, 6.45) is 3.83. The normalized spacial score (nSPS) is 15.4. The summed E-state index contributed by atoms with van der Waals surface area (Å²) >= 11 is 0. The molecule has 1 aliphatic heterocycles. The summed E-state index contributed by atoms with van der Waals surface area (Å²) in [5.41, 5.74) is 1.55. The first-order valence-electron chi connectivity index (χ1n) is 9.14. The van der Waals surface area contributed by atoms with Crippen molar-refractivity contribution in [1.29, 1.82) is 0 Å². The molecule has 0 spiro atoms. The molecule has 0 aliphatic carbocycles. The molecule has 0 N–H and O–H groups in total. The maximum absolute atomic E-state index is 11.7. The lowest BCUT2D eigenvalue weighted by Gasteiger charge is -2.33. The Bertz CT molecular complexity index is 966. The van der Waals surface area contributed by atoms with Crippen molar-refractivity contribution in [2.24, 2.45) is 5.92 Å². The second-order valence-corrected chi connectivity index (χ2v) is 9.18. The second-order valence-electron chi connectivity index (χ2n) is 7.17. The first-order valence-corrected chi connectivity index (χ1v) is 11.0. The van der Waals surface area contributed by atoms with Gasteiger partial charge in [0.15, 0.2) is 9.84 Å². The summed E-state index contributed by atoms with van der Waals surface area (Å²) < 4.78 is 28.7. The number of nitro benzene ring substituents is 1. The number of benzene rings is 2. The topological polar surface area (TPSA) is 89.8 Å². The van der Waals surface area contributed by atoms with Crippen LogP contribution < -0.4 is 9.64 Å². The van der Waals surface area contributed by atoms with Crippen LogP contribution in [0.15, 0.2) is 47.4 Å². The largest absolute Gasteiger partial charge is 0.497 e. The predicted octanol–water partition coefficient (Wildman–Crippen LogP) is 3.47. The molecule has 0 unspecified atom stereocenters. The third-order valence-corrected chi connectivity index (χ3v) is 6.30. The van der Waals surface area contributed by atoms with E-state index < -0.39 is 14.8 Å². The van der Waals surface area contributed by atoms with Gasteiger partial charge in [-0.25, -0.2) is 8.42 Å². The number of hydrogen-bond donors (Lipinski definition) is 0. The van der Waals surface area contributed by atoms with E-state index in [2.05, 4.69) is 6.07 Å². The van der Waals surface area contributed by atoms with Crippen LogP contribution in [0, 0.1) is 16.0 Å². The molecule has 3 rings (SSSR count). The summed E-state index contributed by atoms with van der Waals surface area (Å²) in [6, 6.07) is 12.2. The van der Waals surface area contributed by atoms with Crippen molar-refractivity contribution in [3.8, 4) is 5.75 Å². The van der Waals surface area contributed by atoms with E-state index in [-0.39, 0.29) is 10.6 Å². The van der Waals surface area contributed by atoms with Crippen molar-refractivity contribution in [1.82, 2.24) is 0 Å². The Kier molecular flexibility index (Phi) is 5.88. The minimum atomic E-state index is -3.49. The van der Waals surface area contributed by atoms with Crippen molar-refractivity contribution in [3.63, 3.8) is 0 Å². The molecule has 1 aliphatic rings. The highest BCUT2D eigenvalue weighted by Crippen LogP contribution is 2.34. The Morgan fingerprint density at radius 3 is 2.50 bits per heavy atom. The van der Waals surface area contributed by atoms with Crippen LogP contribution in [-0.4, -0.2) is 39.8 Å². The maximum Gasteiger partial charge on any atom is 0.293 e. The van der Waals surface area contributed by atoms with Gasteiger partial charge in [0, 0.05) is 25.4 Å². The average Bonchev–Trinajstić information content (AvgIpc) is 2.67. The van der Waals surface area contributed by atoms with E-state index in [9.17, 15) is 18.5 Å². The van der Waals surface area contributed by atoms with Gasteiger partial charge in [0.1, 0.15) is 11.4 Å². The number of nitro groups is 1. The zero-order valence-corrected chi connectivity index (χ0v) is 16.8. The molecule has 0 amide bonds. The molecule has 1 saturated heterocycles. The number of rotatable bonds is 6. The highest BCUT2D eigenvalue weighted by Gasteiger charge is 2.26. The van der Waals surface area contributed by atoms with Gasteiger partial charge in [-0.15, -0.1) is 0 Å². The smallest absolute Gasteiger partial charge is 0.293 e. The average molecular weight is 404 g/mol. The van der Waals surface area contributed by atoms with E-state index in [4.69, 9.17) is 4.74 Å². The summed E-state index contributed by atoms with van der Waals surface area (Å²) in [6.45, 7) is 1.40. The molecule has 1 fully saturated rings. The molecule has 1 heterocycles. The van der Waals surface area contributed by atoms with Crippen LogP contribution in [0.25, 0.3) is 0 Å². The van der Waals surface area contributed by atoms with Crippen LogP contribution in [0.4, 0.5) is 11.4 Å². The number of methoxy groups -OCH3 is 1. The Hall–Kier alpha value is -2.61. The van der Waals surface area contributed by atoms with Crippen LogP contribution in [0.1, 0.15) is 18.4 Å². The fraction of sp³-hybridized carbons (Fsp3) is 0.400. The van der Waals surface area contributed by atoms with E-state index >= 15 is 0 Å². The van der Waals surface area contributed by atoms with Crippen LogP contribution in [-0.2, 0) is 16.3 Å². The first-order chi connectivity index (χ1) is 13.3. The van der Waals surface area contributed by atoms with E-state index in [1.54, 1.807) is 13.2 Å². The van der Waals surface area contributed by atoms with Crippen LogP contribution >= 0.6 is 0 Å². The molecular weight excluding hydrogens is 380 g/mol. The number of anilines is 1. The third-order valence-electron chi connectivity index (χ3n) is 5.19. The van der Waals surface area contributed by atoms with Gasteiger partial charge < -0.3 is 9.64 Å². The number of nitrogens with zero attached hydrogens (tertiary/aromatic N) is 2. The lowest BCUT2D eigenvalue weighted by molar-refractivity contribution is -0.384. The monoisotopic (exact) mass is 404 g/mol. The predicted molar refractivity (Wildman–Crippen MR) is 108 cm³/mol. The van der Waals surface area contributed by atoms with Gasteiger partial charge in [-0.05, 0) is 55.0 Å². The van der Waals surface area contributed by atoms with Gasteiger partial charge in [0.05, 0.1) is 16.9 Å². The SMILES string of the molecule is COc1cccc(CC2CCN(c3ccc(S(C)(=O)=O)cc3[N+](=O)[O-])CC2)c1. The Balaban J connectivity index is 1.71. The second kappa shape index (κ2) is 8.18. The molecule has 2 aromatic rings. The Morgan fingerprint density at radius 2 is 1.89 bits per heavy atom. The van der Waals surface area contributed by atoms with Gasteiger partial charge in [-0.3, -0.25) is 10.1 Å². The quantitative estimate of drug-likeness (QED) is 0.541. The number of hydrogen-bond acceptors (Lipinski definition) is 6. The van der Waals surface area contributed by atoms with Crippen molar-refractivity contribution < 1.29 is 18.1 Å². The Morgan fingerprint density at radius 1 is 1.18 bits per heavy atom. The molecule has 0 bridgehead atoms. The van der Waals surface area contributed by atoms with Crippen molar-refractivity contribution in [3.05, 3.63) is 58.1 Å². The molecule has 150 valence electrons. The minimum absolute atomic E-state index is 0.0316. The zero-order chi connectivity index (χ0) is 20.3. The molecule has 28 heavy (non-hydrogen) atoms. The van der Waals surface area contributed by atoms with E-state index in [1.165, 1.54) is 11.6 Å². The van der Waals surface area contributed by atoms with E-state index in [1.807, 2.05) is 23.1 Å². The molecule has 2 aromatic carbocycles. The summed E-state index contributed by atoms with van der Waals surface area (Å²) in [4.78, 5) is 12.9. The van der Waals surface area contributed by atoms with Gasteiger partial charge in [0.25, 0.3) is 5.69 Å². The molecule has 7 nitrogen and oxygen atoms in total. The summed E-state index contributed by atoms with van der Waals surface area (Å²) in [5, 5.41) is 11.5. The molecule has 0 saturated carbocycles. The van der Waals surface area contributed by atoms with Crippen LogP contribution in [0.5, 0.6) is 5.75 Å². The molecule has 0 atom stereocenters. The van der Waals surface area contributed by atoms with Gasteiger partial charge in [-0.1, -0.05) is 12.1 Å². The molecule has 0 aromatic heterocycles. The third kappa shape index (κ3) is 4.62. The number of ether oxygens (including phenoxy) is 1. The highest BCUT2D eigenvalue weighted by molar-refractivity contribution is 7.90. The van der Waals surface area contributed by atoms with Gasteiger partial charge in [-0.2, -0.15) is 0 Å². The summed E-state index contributed by atoms with van der Waals surface area (Å²) in [5.74, 6) is 1.34. The van der Waals surface area contributed by atoms with Crippen LogP contribution in [0.2, 0.25) is 0 Å². The molecule has 0 radical (unpaired) electrons. The van der Waals surface area contributed by atoms with Crippen molar-refractivity contribution in [2.45, 2.75) is 24.2 Å². The van der Waals surface area contributed by atoms with Crippen LogP contribution in [0.3, 0.4) is 0 Å². The van der Waals surface area contributed by atoms with E-state index in [0.717, 1.165) is 37.3 Å². The summed E-state index contributed by atoms with van der Waals surface area (Å²) in [7, 11) is -1.84. The van der Waals surface area contributed by atoms with E-state index in [0.29, 0.717) is 24.7 Å². The molecule has 8 heteroatoms. The zero-order valence-electron chi connectivity index (χ0n) is 16.0. The standard InChI is InChI=1S/C20H24N2O5S/c1-27-17-5-3-4-16(13-17)12-15-8-10-21(11-9-15)19-7-6-18(28(2,25)26)14-20(19)22(23)24/h3-7,13-15H,8-12H2,1-2H3. The van der Waals surface area contributed by atoms with Crippen molar-refractivity contribution in [2.75, 3.05) is 31.4 Å². The maximum atomic E-state index is 11.7.